The van der Waals surface area contributed by atoms with Gasteiger partial charge in [-0.05, 0) is 0 Å². The first-order chi connectivity index (χ1) is 7.63. The molecule has 88 valence electrons. The van der Waals surface area contributed by atoms with Crippen LogP contribution in [0.5, 0.6) is 0 Å². The van der Waals surface area contributed by atoms with Crippen LogP contribution >= 0.6 is 0 Å². The van der Waals surface area contributed by atoms with Crippen LogP contribution in [0, 0.1) is 0 Å². The third-order valence-electron chi connectivity index (χ3n) is 3.09. The maximum absolute atomic E-state index is 11.6. The quantitative estimate of drug-likeness (QED) is 0.763. The van der Waals surface area contributed by atoms with Crippen molar-refractivity contribution < 1.29 is 4.79 Å². The van der Waals surface area contributed by atoms with Crippen LogP contribution in [0.15, 0.2) is 6.20 Å². The molecule has 1 aromatic heterocycles. The average Bonchev–Trinajstić information content (AvgIpc) is 2.70. The second-order valence-corrected chi connectivity index (χ2v) is 4.58. The highest BCUT2D eigenvalue weighted by atomic mass is 16.2. The molecule has 0 N–H and O–H groups in total. The summed E-state index contributed by atoms with van der Waals surface area (Å²) < 4.78 is 2.25. The standard InChI is InChI=1S/C12H19N3O/c1-4-11(16)14-5-6-15-10(8-14)7-13-12(15)9(2)3/h7,9H,4-6,8H2,1-3H3. The maximum atomic E-state index is 11.6. The molecule has 0 unspecified atom stereocenters. The van der Waals surface area contributed by atoms with Crippen molar-refractivity contribution in [1.29, 1.82) is 0 Å². The Bertz CT molecular complexity index is 395. The van der Waals surface area contributed by atoms with E-state index in [9.17, 15) is 4.79 Å². The molecule has 1 amide bonds. The number of aromatic nitrogens is 2. The highest BCUT2D eigenvalue weighted by Crippen LogP contribution is 2.20. The van der Waals surface area contributed by atoms with E-state index in [0.29, 0.717) is 18.9 Å². The van der Waals surface area contributed by atoms with Crippen LogP contribution in [0.25, 0.3) is 0 Å². The van der Waals surface area contributed by atoms with E-state index in [1.54, 1.807) is 0 Å². The molecule has 0 saturated heterocycles. The molecule has 0 aliphatic carbocycles. The van der Waals surface area contributed by atoms with Crippen LogP contribution in [0.2, 0.25) is 0 Å². The summed E-state index contributed by atoms with van der Waals surface area (Å²) in [4.78, 5) is 18.0. The van der Waals surface area contributed by atoms with Crippen LogP contribution in [0.1, 0.15) is 44.6 Å². The van der Waals surface area contributed by atoms with Crippen molar-refractivity contribution in [2.24, 2.45) is 0 Å². The van der Waals surface area contributed by atoms with Crippen molar-refractivity contribution in [3.05, 3.63) is 17.7 Å². The normalized spacial score (nSPS) is 15.4. The van der Waals surface area contributed by atoms with Gasteiger partial charge in [0.25, 0.3) is 0 Å². The number of rotatable bonds is 2. The fourth-order valence-corrected chi connectivity index (χ4v) is 2.20. The number of amides is 1. The predicted molar refractivity (Wildman–Crippen MR) is 62.0 cm³/mol. The minimum atomic E-state index is 0.235. The van der Waals surface area contributed by atoms with E-state index in [0.717, 1.165) is 24.6 Å². The van der Waals surface area contributed by atoms with Crippen LogP contribution in [-0.2, 0) is 17.9 Å². The summed E-state index contributed by atoms with van der Waals surface area (Å²) in [6.45, 7) is 8.63. The lowest BCUT2D eigenvalue weighted by Crippen LogP contribution is -2.38. The van der Waals surface area contributed by atoms with E-state index in [2.05, 4.69) is 23.4 Å². The zero-order valence-electron chi connectivity index (χ0n) is 10.2. The lowest BCUT2D eigenvalue weighted by atomic mass is 10.2. The molecule has 0 fully saturated rings. The summed E-state index contributed by atoms with van der Waals surface area (Å²) in [5, 5.41) is 0. The van der Waals surface area contributed by atoms with E-state index in [1.165, 1.54) is 0 Å². The lowest BCUT2D eigenvalue weighted by molar-refractivity contribution is -0.132. The smallest absolute Gasteiger partial charge is 0.222 e. The summed E-state index contributed by atoms with van der Waals surface area (Å²) >= 11 is 0. The van der Waals surface area contributed by atoms with Crippen molar-refractivity contribution in [2.75, 3.05) is 6.54 Å². The molecule has 16 heavy (non-hydrogen) atoms. The molecule has 0 spiro atoms. The zero-order chi connectivity index (χ0) is 11.7. The van der Waals surface area contributed by atoms with E-state index < -0.39 is 0 Å². The van der Waals surface area contributed by atoms with Gasteiger partial charge >= 0.3 is 0 Å². The molecule has 0 saturated carbocycles. The van der Waals surface area contributed by atoms with E-state index in [1.807, 2.05) is 18.0 Å². The van der Waals surface area contributed by atoms with Crippen molar-refractivity contribution in [1.82, 2.24) is 14.5 Å². The van der Waals surface area contributed by atoms with Gasteiger partial charge in [0, 0.05) is 25.4 Å². The Kier molecular flexibility index (Phi) is 2.99. The summed E-state index contributed by atoms with van der Waals surface area (Å²) in [7, 11) is 0. The van der Waals surface area contributed by atoms with E-state index in [4.69, 9.17) is 0 Å². The molecule has 1 aromatic rings. The molecule has 4 nitrogen and oxygen atoms in total. The molecule has 0 radical (unpaired) electrons. The van der Waals surface area contributed by atoms with Gasteiger partial charge in [-0.3, -0.25) is 4.79 Å². The predicted octanol–water partition coefficient (Wildman–Crippen LogP) is 1.76. The van der Waals surface area contributed by atoms with E-state index in [-0.39, 0.29) is 5.91 Å². The molecule has 1 aliphatic rings. The summed E-state index contributed by atoms with van der Waals surface area (Å²) in [5.74, 6) is 1.82. The number of hydrogen-bond acceptors (Lipinski definition) is 2. The summed E-state index contributed by atoms with van der Waals surface area (Å²) in [6, 6.07) is 0. The van der Waals surface area contributed by atoms with Gasteiger partial charge in [0.05, 0.1) is 18.4 Å². The average molecular weight is 221 g/mol. The third kappa shape index (κ3) is 1.84. The Morgan fingerprint density at radius 2 is 2.25 bits per heavy atom. The number of nitrogens with zero attached hydrogens (tertiary/aromatic N) is 3. The molecular weight excluding hydrogens is 202 g/mol. The van der Waals surface area contributed by atoms with Crippen LogP contribution in [-0.4, -0.2) is 26.9 Å². The Labute approximate surface area is 96.3 Å². The molecule has 4 heteroatoms. The molecule has 2 heterocycles. The monoisotopic (exact) mass is 221 g/mol. The lowest BCUT2D eigenvalue weighted by Gasteiger charge is -2.29. The highest BCUT2D eigenvalue weighted by Gasteiger charge is 2.22. The van der Waals surface area contributed by atoms with Gasteiger partial charge < -0.3 is 9.47 Å². The molecule has 0 atom stereocenters. The van der Waals surface area contributed by atoms with Gasteiger partial charge in [-0.1, -0.05) is 20.8 Å². The summed E-state index contributed by atoms with van der Waals surface area (Å²) in [5.41, 5.74) is 1.16. The first kappa shape index (κ1) is 11.2. The van der Waals surface area contributed by atoms with Gasteiger partial charge in [0.1, 0.15) is 5.82 Å². The molecule has 0 bridgehead atoms. The largest absolute Gasteiger partial charge is 0.335 e. The highest BCUT2D eigenvalue weighted by molar-refractivity contribution is 5.75. The van der Waals surface area contributed by atoms with Gasteiger partial charge in [0.15, 0.2) is 0 Å². The molecule has 2 rings (SSSR count). The number of hydrogen-bond donors (Lipinski definition) is 0. The van der Waals surface area contributed by atoms with Crippen LogP contribution in [0.4, 0.5) is 0 Å². The fourth-order valence-electron chi connectivity index (χ4n) is 2.20. The number of carbonyl (C=O) groups excluding carboxylic acids is 1. The van der Waals surface area contributed by atoms with Gasteiger partial charge in [-0.15, -0.1) is 0 Å². The SMILES string of the molecule is CCC(=O)N1CCn2c(cnc2C(C)C)C1. The van der Waals surface area contributed by atoms with Crippen molar-refractivity contribution >= 4 is 5.91 Å². The van der Waals surface area contributed by atoms with Crippen LogP contribution in [0.3, 0.4) is 0 Å². The van der Waals surface area contributed by atoms with Gasteiger partial charge in [-0.2, -0.15) is 0 Å². The Morgan fingerprint density at radius 1 is 1.50 bits per heavy atom. The summed E-state index contributed by atoms with van der Waals surface area (Å²) in [6.07, 6.45) is 2.50. The first-order valence-corrected chi connectivity index (χ1v) is 5.95. The van der Waals surface area contributed by atoms with Gasteiger partial charge in [-0.25, -0.2) is 4.98 Å². The minimum Gasteiger partial charge on any atom is -0.335 e. The number of carbonyl (C=O) groups is 1. The second kappa shape index (κ2) is 4.28. The maximum Gasteiger partial charge on any atom is 0.222 e. The minimum absolute atomic E-state index is 0.235. The van der Waals surface area contributed by atoms with Gasteiger partial charge in [0.2, 0.25) is 5.91 Å². The number of imidazole rings is 1. The third-order valence-corrected chi connectivity index (χ3v) is 3.09. The zero-order valence-corrected chi connectivity index (χ0v) is 10.2. The number of fused-ring (bicyclic) bond motifs is 1. The van der Waals surface area contributed by atoms with Crippen molar-refractivity contribution in [3.8, 4) is 0 Å². The fraction of sp³-hybridized carbons (Fsp3) is 0.667. The molecule has 1 aliphatic heterocycles. The molecule has 0 aromatic carbocycles. The Morgan fingerprint density at radius 3 is 2.88 bits per heavy atom. The topological polar surface area (TPSA) is 38.1 Å². The Hall–Kier alpha value is -1.32. The Balaban J connectivity index is 2.20. The first-order valence-electron chi connectivity index (χ1n) is 5.95. The van der Waals surface area contributed by atoms with Crippen LogP contribution < -0.4 is 0 Å². The van der Waals surface area contributed by atoms with E-state index >= 15 is 0 Å². The molecular formula is C12H19N3O. The second-order valence-electron chi connectivity index (χ2n) is 4.58. The van der Waals surface area contributed by atoms with Crippen molar-refractivity contribution in [3.63, 3.8) is 0 Å². The van der Waals surface area contributed by atoms with Crippen molar-refractivity contribution in [2.45, 2.75) is 46.2 Å².